The molecular weight excluding hydrogens is 252 g/mol. The van der Waals surface area contributed by atoms with E-state index in [2.05, 4.69) is 52.8 Å². The molecule has 102 valence electrons. The number of thiophene rings is 1. The maximum Gasteiger partial charge on any atom is 0.113 e. The van der Waals surface area contributed by atoms with Gasteiger partial charge in [-0.15, -0.1) is 11.3 Å². The predicted octanol–water partition coefficient (Wildman–Crippen LogP) is 4.74. The van der Waals surface area contributed by atoms with E-state index in [0.29, 0.717) is 0 Å². The molecule has 0 saturated carbocycles. The van der Waals surface area contributed by atoms with Gasteiger partial charge in [-0.2, -0.15) is 0 Å². The monoisotopic (exact) mass is 274 g/mol. The molecule has 0 bridgehead atoms. The average molecular weight is 274 g/mol. The van der Waals surface area contributed by atoms with Gasteiger partial charge in [-0.25, -0.2) is 0 Å². The molecule has 2 heteroatoms. The highest BCUT2D eigenvalue weighted by Crippen LogP contribution is 2.31. The molecule has 0 spiro atoms. The van der Waals surface area contributed by atoms with Gasteiger partial charge < -0.3 is 5.11 Å². The summed E-state index contributed by atoms with van der Waals surface area (Å²) in [7, 11) is 0. The van der Waals surface area contributed by atoms with Gasteiger partial charge >= 0.3 is 0 Å². The number of aryl methyl sites for hydroxylation is 2. The Morgan fingerprint density at radius 3 is 2.05 bits per heavy atom. The normalized spacial score (nSPS) is 13.6. The number of aliphatic hydroxyl groups excluding tert-OH is 1. The SMILES string of the molecule is Cc1cc(C(O)c2ccc(C(C)(C)C)cc2)sc1C. The number of hydrogen-bond donors (Lipinski definition) is 1. The number of aliphatic hydroxyl groups is 1. The van der Waals surface area contributed by atoms with Gasteiger partial charge in [-0.05, 0) is 42.0 Å². The fourth-order valence-electron chi connectivity index (χ4n) is 2.07. The van der Waals surface area contributed by atoms with Crippen LogP contribution in [-0.2, 0) is 5.41 Å². The molecule has 0 aliphatic rings. The van der Waals surface area contributed by atoms with Crippen molar-refractivity contribution in [2.75, 3.05) is 0 Å². The summed E-state index contributed by atoms with van der Waals surface area (Å²) in [6.07, 6.45) is -0.508. The van der Waals surface area contributed by atoms with Crippen molar-refractivity contribution in [2.45, 2.75) is 46.1 Å². The summed E-state index contributed by atoms with van der Waals surface area (Å²) in [5, 5.41) is 10.4. The van der Waals surface area contributed by atoms with Gasteiger partial charge in [0, 0.05) is 9.75 Å². The third-order valence-electron chi connectivity index (χ3n) is 3.55. The van der Waals surface area contributed by atoms with Crippen molar-refractivity contribution in [1.29, 1.82) is 0 Å². The van der Waals surface area contributed by atoms with Gasteiger partial charge in [-0.1, -0.05) is 45.0 Å². The van der Waals surface area contributed by atoms with Crippen LogP contribution >= 0.6 is 11.3 Å². The second kappa shape index (κ2) is 5.10. The molecule has 0 radical (unpaired) electrons. The Balaban J connectivity index is 2.27. The van der Waals surface area contributed by atoms with Crippen molar-refractivity contribution < 1.29 is 5.11 Å². The molecule has 1 N–H and O–H groups in total. The van der Waals surface area contributed by atoms with Crippen LogP contribution in [0.4, 0.5) is 0 Å². The van der Waals surface area contributed by atoms with Crippen LogP contribution in [0.2, 0.25) is 0 Å². The van der Waals surface area contributed by atoms with Crippen LogP contribution in [-0.4, -0.2) is 5.11 Å². The lowest BCUT2D eigenvalue weighted by Gasteiger charge is -2.19. The van der Waals surface area contributed by atoms with Gasteiger partial charge in [0.15, 0.2) is 0 Å². The molecule has 0 aliphatic carbocycles. The van der Waals surface area contributed by atoms with Gasteiger partial charge in [0.1, 0.15) is 6.10 Å². The number of hydrogen-bond acceptors (Lipinski definition) is 2. The minimum atomic E-state index is -0.508. The molecule has 1 heterocycles. The van der Waals surface area contributed by atoms with Gasteiger partial charge in [0.2, 0.25) is 0 Å². The molecule has 0 amide bonds. The van der Waals surface area contributed by atoms with Crippen molar-refractivity contribution >= 4 is 11.3 Å². The molecule has 1 atom stereocenters. The Morgan fingerprint density at radius 1 is 1.05 bits per heavy atom. The highest BCUT2D eigenvalue weighted by molar-refractivity contribution is 7.12. The first kappa shape index (κ1) is 14.3. The molecule has 19 heavy (non-hydrogen) atoms. The third kappa shape index (κ3) is 3.07. The molecule has 0 aliphatic heterocycles. The summed E-state index contributed by atoms with van der Waals surface area (Å²) < 4.78 is 0. The Morgan fingerprint density at radius 2 is 1.63 bits per heavy atom. The minimum absolute atomic E-state index is 0.152. The van der Waals surface area contributed by atoms with Gasteiger partial charge in [-0.3, -0.25) is 0 Å². The lowest BCUT2D eigenvalue weighted by molar-refractivity contribution is 0.224. The highest BCUT2D eigenvalue weighted by atomic mass is 32.1. The van der Waals surface area contributed by atoms with Crippen LogP contribution in [0.5, 0.6) is 0 Å². The van der Waals surface area contributed by atoms with E-state index in [9.17, 15) is 5.11 Å². The van der Waals surface area contributed by atoms with E-state index in [-0.39, 0.29) is 5.41 Å². The molecule has 0 fully saturated rings. The van der Waals surface area contributed by atoms with Crippen LogP contribution in [0.1, 0.15) is 53.3 Å². The first-order valence-electron chi connectivity index (χ1n) is 6.64. The van der Waals surface area contributed by atoms with Crippen LogP contribution in [0, 0.1) is 13.8 Å². The molecular formula is C17H22OS. The molecule has 1 aromatic carbocycles. The van der Waals surface area contributed by atoms with Crippen LogP contribution in [0.15, 0.2) is 30.3 Å². The van der Waals surface area contributed by atoms with Gasteiger partial charge in [0.25, 0.3) is 0 Å². The molecule has 1 nitrogen and oxygen atoms in total. The first-order valence-corrected chi connectivity index (χ1v) is 7.46. The van der Waals surface area contributed by atoms with Crippen LogP contribution < -0.4 is 0 Å². The lowest BCUT2D eigenvalue weighted by Crippen LogP contribution is -2.11. The van der Waals surface area contributed by atoms with E-state index < -0.39 is 6.10 Å². The van der Waals surface area contributed by atoms with E-state index in [1.807, 2.05) is 12.1 Å². The first-order chi connectivity index (χ1) is 8.79. The Labute approximate surface area is 119 Å². The fraction of sp³-hybridized carbons (Fsp3) is 0.412. The largest absolute Gasteiger partial charge is 0.383 e. The Kier molecular flexibility index (Phi) is 3.84. The van der Waals surface area contributed by atoms with E-state index in [1.165, 1.54) is 16.0 Å². The van der Waals surface area contributed by atoms with E-state index in [0.717, 1.165) is 10.4 Å². The highest BCUT2D eigenvalue weighted by Gasteiger charge is 2.17. The number of rotatable bonds is 2. The Hall–Kier alpha value is -1.12. The lowest BCUT2D eigenvalue weighted by atomic mass is 9.86. The maximum absolute atomic E-state index is 10.4. The summed E-state index contributed by atoms with van der Waals surface area (Å²) >= 11 is 1.68. The summed E-state index contributed by atoms with van der Waals surface area (Å²) in [6.45, 7) is 10.8. The maximum atomic E-state index is 10.4. The van der Waals surface area contributed by atoms with Crippen molar-refractivity contribution in [2.24, 2.45) is 0 Å². The van der Waals surface area contributed by atoms with E-state index in [4.69, 9.17) is 0 Å². The third-order valence-corrected chi connectivity index (χ3v) is 4.75. The number of benzene rings is 1. The fourth-order valence-corrected chi connectivity index (χ4v) is 3.12. The second-order valence-corrected chi connectivity index (χ2v) is 7.45. The topological polar surface area (TPSA) is 20.2 Å². The predicted molar refractivity (Wildman–Crippen MR) is 83.0 cm³/mol. The second-order valence-electron chi connectivity index (χ2n) is 6.16. The van der Waals surface area contributed by atoms with Gasteiger partial charge in [0.05, 0.1) is 0 Å². The smallest absolute Gasteiger partial charge is 0.113 e. The molecule has 2 aromatic rings. The van der Waals surface area contributed by atoms with Crippen molar-refractivity contribution in [1.82, 2.24) is 0 Å². The molecule has 1 unspecified atom stereocenters. The van der Waals surface area contributed by atoms with Crippen LogP contribution in [0.25, 0.3) is 0 Å². The zero-order valence-corrected chi connectivity index (χ0v) is 13.1. The van der Waals surface area contributed by atoms with E-state index in [1.54, 1.807) is 11.3 Å². The molecule has 0 saturated heterocycles. The minimum Gasteiger partial charge on any atom is -0.383 e. The summed E-state index contributed by atoms with van der Waals surface area (Å²) in [5.74, 6) is 0. The van der Waals surface area contributed by atoms with Crippen LogP contribution in [0.3, 0.4) is 0 Å². The quantitative estimate of drug-likeness (QED) is 0.838. The zero-order chi connectivity index (χ0) is 14.2. The zero-order valence-electron chi connectivity index (χ0n) is 12.3. The van der Waals surface area contributed by atoms with Crippen molar-refractivity contribution in [3.8, 4) is 0 Å². The standard InChI is InChI=1S/C17H22OS/c1-11-10-15(19-12(11)2)16(18)13-6-8-14(9-7-13)17(3,4)5/h6-10,16,18H,1-5H3. The summed E-state index contributed by atoms with van der Waals surface area (Å²) in [4.78, 5) is 2.30. The summed E-state index contributed by atoms with van der Waals surface area (Å²) in [5.41, 5.74) is 3.67. The summed E-state index contributed by atoms with van der Waals surface area (Å²) in [6, 6.07) is 10.4. The van der Waals surface area contributed by atoms with Crippen molar-refractivity contribution in [3.05, 3.63) is 56.8 Å². The average Bonchev–Trinajstić information content (AvgIpc) is 2.68. The molecule has 2 rings (SSSR count). The Bertz CT molecular complexity index is 538. The van der Waals surface area contributed by atoms with E-state index >= 15 is 0 Å². The molecule has 1 aromatic heterocycles. The van der Waals surface area contributed by atoms with Crippen molar-refractivity contribution in [3.63, 3.8) is 0 Å².